The van der Waals surface area contributed by atoms with E-state index in [2.05, 4.69) is 0 Å². The van der Waals surface area contributed by atoms with E-state index < -0.39 is 0 Å². The van der Waals surface area contributed by atoms with E-state index in [-0.39, 0.29) is 30.5 Å². The van der Waals surface area contributed by atoms with Crippen LogP contribution in [0.25, 0.3) is 0 Å². The van der Waals surface area contributed by atoms with E-state index in [0.29, 0.717) is 0 Å². The average Bonchev–Trinajstić information content (AvgIpc) is 2.71. The number of hydrogen-bond acceptors (Lipinski definition) is 3. The lowest BCUT2D eigenvalue weighted by molar-refractivity contribution is -0.141. The normalized spacial score (nSPS) is 27.5. The van der Waals surface area contributed by atoms with Crippen molar-refractivity contribution in [2.75, 3.05) is 19.7 Å². The molecule has 0 aliphatic carbocycles. The van der Waals surface area contributed by atoms with Crippen LogP contribution in [-0.2, 0) is 9.53 Å². The van der Waals surface area contributed by atoms with Crippen molar-refractivity contribution < 1.29 is 9.53 Å². The molecule has 0 spiro atoms. The number of rotatable bonds is 1. The Morgan fingerprint density at radius 1 is 1.27 bits per heavy atom. The van der Waals surface area contributed by atoms with Crippen LogP contribution in [-0.4, -0.2) is 42.6 Å². The largest absolute Gasteiger partial charge is 0.368 e. The van der Waals surface area contributed by atoms with Gasteiger partial charge in [0.15, 0.2) is 0 Å². The SMILES string of the molecule is Cl.NC1CCN(C(=O)[C@H]2CCCO2)CC1. The highest BCUT2D eigenvalue weighted by Crippen LogP contribution is 2.17. The van der Waals surface area contributed by atoms with Crippen LogP contribution in [0.4, 0.5) is 0 Å². The van der Waals surface area contributed by atoms with Gasteiger partial charge in [-0.05, 0) is 25.7 Å². The molecule has 2 N–H and O–H groups in total. The van der Waals surface area contributed by atoms with Gasteiger partial charge in [0.05, 0.1) is 0 Å². The predicted octanol–water partition coefficient (Wildman–Crippen LogP) is 0.537. The summed E-state index contributed by atoms with van der Waals surface area (Å²) in [4.78, 5) is 13.8. The molecule has 2 aliphatic heterocycles. The number of halogens is 1. The van der Waals surface area contributed by atoms with Crippen molar-refractivity contribution in [1.82, 2.24) is 4.90 Å². The second-order valence-electron chi connectivity index (χ2n) is 4.16. The van der Waals surface area contributed by atoms with E-state index in [0.717, 1.165) is 45.4 Å². The van der Waals surface area contributed by atoms with Crippen molar-refractivity contribution in [1.29, 1.82) is 0 Å². The van der Waals surface area contributed by atoms with E-state index in [1.165, 1.54) is 0 Å². The number of nitrogens with zero attached hydrogens (tertiary/aromatic N) is 1. The molecule has 0 saturated carbocycles. The van der Waals surface area contributed by atoms with Crippen LogP contribution in [0.1, 0.15) is 25.7 Å². The monoisotopic (exact) mass is 234 g/mol. The van der Waals surface area contributed by atoms with Crippen LogP contribution < -0.4 is 5.73 Å². The molecule has 5 heteroatoms. The van der Waals surface area contributed by atoms with Gasteiger partial charge in [-0.25, -0.2) is 0 Å². The minimum Gasteiger partial charge on any atom is -0.368 e. The first kappa shape index (κ1) is 12.7. The van der Waals surface area contributed by atoms with Gasteiger partial charge in [-0.2, -0.15) is 0 Å². The fourth-order valence-electron chi connectivity index (χ4n) is 2.10. The Hall–Kier alpha value is -0.320. The quantitative estimate of drug-likeness (QED) is 0.721. The molecule has 15 heavy (non-hydrogen) atoms. The van der Waals surface area contributed by atoms with E-state index >= 15 is 0 Å². The third-order valence-electron chi connectivity index (χ3n) is 3.06. The van der Waals surface area contributed by atoms with Crippen LogP contribution in [0.15, 0.2) is 0 Å². The van der Waals surface area contributed by atoms with E-state index in [1.807, 2.05) is 4.90 Å². The van der Waals surface area contributed by atoms with E-state index in [4.69, 9.17) is 10.5 Å². The number of carbonyl (C=O) groups is 1. The fraction of sp³-hybridized carbons (Fsp3) is 0.900. The van der Waals surface area contributed by atoms with Gasteiger partial charge in [0.25, 0.3) is 5.91 Å². The third kappa shape index (κ3) is 3.06. The molecule has 0 aromatic rings. The van der Waals surface area contributed by atoms with Crippen LogP contribution in [0, 0.1) is 0 Å². The molecule has 0 aromatic carbocycles. The number of amides is 1. The summed E-state index contributed by atoms with van der Waals surface area (Å²) < 4.78 is 5.37. The van der Waals surface area contributed by atoms with Crippen molar-refractivity contribution in [3.63, 3.8) is 0 Å². The smallest absolute Gasteiger partial charge is 0.251 e. The maximum absolute atomic E-state index is 11.9. The molecule has 2 saturated heterocycles. The van der Waals surface area contributed by atoms with Crippen molar-refractivity contribution >= 4 is 18.3 Å². The topological polar surface area (TPSA) is 55.6 Å². The maximum Gasteiger partial charge on any atom is 0.251 e. The number of piperidine rings is 1. The summed E-state index contributed by atoms with van der Waals surface area (Å²) in [6.07, 6.45) is 3.60. The van der Waals surface area contributed by atoms with E-state index in [1.54, 1.807) is 0 Å². The highest BCUT2D eigenvalue weighted by Gasteiger charge is 2.29. The summed E-state index contributed by atoms with van der Waals surface area (Å²) in [6, 6.07) is 0.281. The lowest BCUT2D eigenvalue weighted by Crippen LogP contribution is -2.46. The lowest BCUT2D eigenvalue weighted by Gasteiger charge is -2.31. The van der Waals surface area contributed by atoms with Gasteiger partial charge in [0, 0.05) is 25.7 Å². The summed E-state index contributed by atoms with van der Waals surface area (Å²) in [7, 11) is 0. The molecule has 2 aliphatic rings. The Morgan fingerprint density at radius 2 is 1.93 bits per heavy atom. The van der Waals surface area contributed by atoms with Gasteiger partial charge in [-0.1, -0.05) is 0 Å². The zero-order valence-electron chi connectivity index (χ0n) is 8.85. The predicted molar refractivity (Wildman–Crippen MR) is 60.0 cm³/mol. The fourth-order valence-corrected chi connectivity index (χ4v) is 2.10. The first-order valence-electron chi connectivity index (χ1n) is 5.43. The highest BCUT2D eigenvalue weighted by molar-refractivity contribution is 5.85. The first-order valence-corrected chi connectivity index (χ1v) is 5.43. The Morgan fingerprint density at radius 3 is 2.47 bits per heavy atom. The van der Waals surface area contributed by atoms with Crippen molar-refractivity contribution in [3.05, 3.63) is 0 Å². The molecule has 0 unspecified atom stereocenters. The molecular weight excluding hydrogens is 216 g/mol. The minimum atomic E-state index is -0.163. The second-order valence-corrected chi connectivity index (χ2v) is 4.16. The summed E-state index contributed by atoms with van der Waals surface area (Å²) in [5.41, 5.74) is 5.78. The summed E-state index contributed by atoms with van der Waals surface area (Å²) in [5.74, 6) is 0.175. The Kier molecular flexibility index (Phi) is 4.83. The standard InChI is InChI=1S/C10H18N2O2.ClH/c11-8-3-5-12(6-4-8)10(13)9-2-1-7-14-9;/h8-9H,1-7,11H2;1H/t9-;/m1./s1. The van der Waals surface area contributed by atoms with Crippen LogP contribution in [0.2, 0.25) is 0 Å². The first-order chi connectivity index (χ1) is 6.77. The van der Waals surface area contributed by atoms with Gasteiger partial charge in [-0.3, -0.25) is 4.79 Å². The van der Waals surface area contributed by atoms with Gasteiger partial charge in [-0.15, -0.1) is 12.4 Å². The van der Waals surface area contributed by atoms with Gasteiger partial charge < -0.3 is 15.4 Å². The number of hydrogen-bond donors (Lipinski definition) is 1. The molecule has 2 rings (SSSR count). The molecule has 0 radical (unpaired) electrons. The van der Waals surface area contributed by atoms with Crippen LogP contribution >= 0.6 is 12.4 Å². The molecule has 0 aromatic heterocycles. The second kappa shape index (κ2) is 5.68. The minimum absolute atomic E-state index is 0. The summed E-state index contributed by atoms with van der Waals surface area (Å²) in [6.45, 7) is 2.35. The van der Waals surface area contributed by atoms with Crippen molar-refractivity contribution in [3.8, 4) is 0 Å². The Balaban J connectivity index is 0.00000112. The lowest BCUT2D eigenvalue weighted by atomic mass is 10.1. The van der Waals surface area contributed by atoms with Gasteiger partial charge >= 0.3 is 0 Å². The van der Waals surface area contributed by atoms with Crippen LogP contribution in [0.5, 0.6) is 0 Å². The van der Waals surface area contributed by atoms with Crippen molar-refractivity contribution in [2.24, 2.45) is 5.73 Å². The maximum atomic E-state index is 11.9. The number of ether oxygens (including phenoxy) is 1. The Bertz CT molecular complexity index is 211. The van der Waals surface area contributed by atoms with E-state index in [9.17, 15) is 4.79 Å². The van der Waals surface area contributed by atoms with Crippen molar-refractivity contribution in [2.45, 2.75) is 37.8 Å². The summed E-state index contributed by atoms with van der Waals surface area (Å²) in [5, 5.41) is 0. The molecule has 1 atom stereocenters. The molecule has 4 nitrogen and oxygen atoms in total. The average molecular weight is 235 g/mol. The van der Waals surface area contributed by atoms with Gasteiger partial charge in [0.1, 0.15) is 6.10 Å². The molecule has 1 amide bonds. The number of carbonyl (C=O) groups excluding carboxylic acids is 1. The molecule has 0 bridgehead atoms. The van der Waals surface area contributed by atoms with Gasteiger partial charge in [0.2, 0.25) is 0 Å². The number of nitrogens with two attached hydrogens (primary N) is 1. The molecule has 2 fully saturated rings. The molecule has 88 valence electrons. The highest BCUT2D eigenvalue weighted by atomic mass is 35.5. The van der Waals surface area contributed by atoms with Crippen LogP contribution in [0.3, 0.4) is 0 Å². The third-order valence-corrected chi connectivity index (χ3v) is 3.06. The Labute approximate surface area is 96.5 Å². The zero-order valence-corrected chi connectivity index (χ0v) is 9.67. The molecular formula is C10H19ClN2O2. The molecule has 2 heterocycles. The zero-order chi connectivity index (χ0) is 9.97. The number of likely N-dealkylation sites (tertiary alicyclic amines) is 1. The summed E-state index contributed by atoms with van der Waals surface area (Å²) >= 11 is 0.